The molecule has 0 aliphatic carbocycles. The highest BCUT2D eigenvalue weighted by atomic mass is 19.2. The molecule has 2 aromatic rings. The molecule has 20 heavy (non-hydrogen) atoms. The zero-order valence-corrected chi connectivity index (χ0v) is 9.51. The molecule has 0 saturated heterocycles. The minimum Gasteiger partial charge on any atom is -0.462 e. The number of esters is 1. The Bertz CT molecular complexity index is 671. The normalized spacial score (nSPS) is 10.7. The van der Waals surface area contributed by atoms with Crippen molar-refractivity contribution in [2.24, 2.45) is 0 Å². The average Bonchev–Trinajstić information content (AvgIpc) is 2.92. The van der Waals surface area contributed by atoms with Crippen molar-refractivity contribution in [3.05, 3.63) is 35.0 Å². The third kappa shape index (κ3) is 1.98. The lowest BCUT2D eigenvalue weighted by molar-refractivity contribution is 0.0545. The minimum atomic E-state index is -2.32. The predicted molar refractivity (Wildman–Crippen MR) is 50.9 cm³/mol. The number of hydrogen-bond acceptors (Lipinski definition) is 5. The SMILES string of the molecule is COC(=O)c1nc(-c2c(F)c(F)c(F)c(F)c2F)no1. The van der Waals surface area contributed by atoms with Gasteiger partial charge in [0, 0.05) is 0 Å². The van der Waals surface area contributed by atoms with Gasteiger partial charge >= 0.3 is 11.9 Å². The van der Waals surface area contributed by atoms with Gasteiger partial charge in [-0.25, -0.2) is 26.7 Å². The van der Waals surface area contributed by atoms with Gasteiger partial charge in [-0.2, -0.15) is 4.98 Å². The van der Waals surface area contributed by atoms with Crippen LogP contribution in [0.5, 0.6) is 0 Å². The Kier molecular flexibility index (Phi) is 3.38. The van der Waals surface area contributed by atoms with Gasteiger partial charge in [0.15, 0.2) is 23.3 Å². The summed E-state index contributed by atoms with van der Waals surface area (Å²) >= 11 is 0. The summed E-state index contributed by atoms with van der Waals surface area (Å²) in [6.45, 7) is 0. The van der Waals surface area contributed by atoms with Crippen LogP contribution in [0.2, 0.25) is 0 Å². The number of carbonyl (C=O) groups excluding carboxylic acids is 1. The van der Waals surface area contributed by atoms with Gasteiger partial charge in [0.25, 0.3) is 0 Å². The summed E-state index contributed by atoms with van der Waals surface area (Å²) in [4.78, 5) is 14.2. The van der Waals surface area contributed by atoms with E-state index < -0.39 is 52.3 Å². The Labute approximate surface area is 107 Å². The minimum absolute atomic E-state index is 0.800. The summed E-state index contributed by atoms with van der Waals surface area (Å²) in [7, 11) is 0.963. The van der Waals surface area contributed by atoms with Crippen LogP contribution < -0.4 is 0 Å². The first-order valence-electron chi connectivity index (χ1n) is 4.82. The Hall–Kier alpha value is -2.52. The lowest BCUT2D eigenvalue weighted by Gasteiger charge is -2.03. The number of carbonyl (C=O) groups is 1. The highest BCUT2D eigenvalue weighted by molar-refractivity contribution is 5.84. The van der Waals surface area contributed by atoms with E-state index in [1.807, 2.05) is 0 Å². The molecule has 0 amide bonds. The Morgan fingerprint density at radius 2 is 1.50 bits per heavy atom. The zero-order chi connectivity index (χ0) is 15.0. The van der Waals surface area contributed by atoms with Gasteiger partial charge < -0.3 is 9.26 Å². The van der Waals surface area contributed by atoms with Crippen molar-refractivity contribution in [2.45, 2.75) is 0 Å². The molecule has 5 nitrogen and oxygen atoms in total. The van der Waals surface area contributed by atoms with E-state index in [4.69, 9.17) is 0 Å². The molecule has 0 bridgehead atoms. The standard InChI is InChI=1S/C10H3F5N2O3/c1-19-10(18)9-16-8(17-20-9)2-3(11)5(13)7(15)6(14)4(2)12/h1H3. The molecular formula is C10H3F5N2O3. The second kappa shape index (κ2) is 4.87. The van der Waals surface area contributed by atoms with Crippen LogP contribution in [0, 0.1) is 29.1 Å². The maximum absolute atomic E-state index is 13.4. The maximum Gasteiger partial charge on any atom is 0.397 e. The summed E-state index contributed by atoms with van der Waals surface area (Å²) in [6.07, 6.45) is 0. The van der Waals surface area contributed by atoms with E-state index in [-0.39, 0.29) is 0 Å². The first kappa shape index (κ1) is 13.9. The molecule has 0 saturated carbocycles. The fraction of sp³-hybridized carbons (Fsp3) is 0.100. The third-order valence-corrected chi connectivity index (χ3v) is 2.22. The molecule has 10 heteroatoms. The zero-order valence-electron chi connectivity index (χ0n) is 9.51. The van der Waals surface area contributed by atoms with Gasteiger partial charge in [-0.1, -0.05) is 5.16 Å². The van der Waals surface area contributed by atoms with Gasteiger partial charge in [0.05, 0.1) is 7.11 Å². The Morgan fingerprint density at radius 1 is 1.00 bits per heavy atom. The molecule has 1 aromatic carbocycles. The van der Waals surface area contributed by atoms with Gasteiger partial charge in [0.1, 0.15) is 5.56 Å². The second-order valence-electron chi connectivity index (χ2n) is 3.36. The van der Waals surface area contributed by atoms with Crippen LogP contribution in [0.4, 0.5) is 22.0 Å². The maximum atomic E-state index is 13.4. The number of nitrogens with zero attached hydrogens (tertiary/aromatic N) is 2. The van der Waals surface area contributed by atoms with Crippen LogP contribution in [0.3, 0.4) is 0 Å². The smallest absolute Gasteiger partial charge is 0.397 e. The molecule has 106 valence electrons. The van der Waals surface area contributed by atoms with E-state index >= 15 is 0 Å². The van der Waals surface area contributed by atoms with Crippen molar-refractivity contribution in [2.75, 3.05) is 7.11 Å². The second-order valence-corrected chi connectivity index (χ2v) is 3.36. The molecule has 0 atom stereocenters. The van der Waals surface area contributed by atoms with Crippen LogP contribution >= 0.6 is 0 Å². The third-order valence-electron chi connectivity index (χ3n) is 2.22. The van der Waals surface area contributed by atoms with Crippen LogP contribution in [0.25, 0.3) is 11.4 Å². The van der Waals surface area contributed by atoms with Crippen LogP contribution in [-0.4, -0.2) is 23.2 Å². The molecule has 0 aliphatic heterocycles. The Morgan fingerprint density at radius 3 is 2.00 bits per heavy atom. The summed E-state index contributed by atoms with van der Waals surface area (Å²) in [5, 5.41) is 2.97. The van der Waals surface area contributed by atoms with Gasteiger partial charge in [0.2, 0.25) is 11.6 Å². The van der Waals surface area contributed by atoms with Crippen molar-refractivity contribution >= 4 is 5.97 Å². The number of benzene rings is 1. The average molecular weight is 294 g/mol. The lowest BCUT2D eigenvalue weighted by atomic mass is 10.1. The lowest BCUT2D eigenvalue weighted by Crippen LogP contribution is -2.05. The van der Waals surface area contributed by atoms with E-state index in [2.05, 4.69) is 19.4 Å². The van der Waals surface area contributed by atoms with Crippen LogP contribution in [0.15, 0.2) is 4.52 Å². The van der Waals surface area contributed by atoms with Crippen molar-refractivity contribution in [3.8, 4) is 11.4 Å². The fourth-order valence-electron chi connectivity index (χ4n) is 1.30. The quantitative estimate of drug-likeness (QED) is 0.368. The molecule has 0 radical (unpaired) electrons. The molecule has 0 fully saturated rings. The van der Waals surface area contributed by atoms with Gasteiger partial charge in [-0.15, -0.1) is 0 Å². The Balaban J connectivity index is 2.64. The van der Waals surface area contributed by atoms with E-state index in [1.165, 1.54) is 0 Å². The monoisotopic (exact) mass is 294 g/mol. The number of aromatic nitrogens is 2. The first-order valence-corrected chi connectivity index (χ1v) is 4.82. The van der Waals surface area contributed by atoms with Crippen molar-refractivity contribution in [1.82, 2.24) is 10.1 Å². The van der Waals surface area contributed by atoms with Crippen molar-refractivity contribution in [3.63, 3.8) is 0 Å². The number of rotatable bonds is 2. The fourth-order valence-corrected chi connectivity index (χ4v) is 1.30. The summed E-state index contributed by atoms with van der Waals surface area (Å²) < 4.78 is 74.1. The topological polar surface area (TPSA) is 65.2 Å². The summed E-state index contributed by atoms with van der Waals surface area (Å²) in [5.41, 5.74) is -1.40. The van der Waals surface area contributed by atoms with Crippen LogP contribution in [0.1, 0.15) is 10.7 Å². The van der Waals surface area contributed by atoms with E-state index in [1.54, 1.807) is 0 Å². The summed E-state index contributed by atoms with van der Waals surface area (Å²) in [5.74, 6) is -13.8. The first-order chi connectivity index (χ1) is 9.38. The molecule has 1 heterocycles. The van der Waals surface area contributed by atoms with Gasteiger partial charge in [-0.05, 0) is 0 Å². The molecule has 0 N–H and O–H groups in total. The van der Waals surface area contributed by atoms with Crippen molar-refractivity contribution < 1.29 is 36.0 Å². The number of hydrogen-bond donors (Lipinski definition) is 0. The van der Waals surface area contributed by atoms with E-state index in [0.29, 0.717) is 0 Å². The molecule has 2 rings (SSSR count). The van der Waals surface area contributed by atoms with Crippen LogP contribution in [-0.2, 0) is 4.74 Å². The largest absolute Gasteiger partial charge is 0.462 e. The predicted octanol–water partition coefficient (Wildman–Crippen LogP) is 2.22. The molecule has 0 aliphatic rings. The molecule has 0 unspecified atom stereocenters. The van der Waals surface area contributed by atoms with Crippen molar-refractivity contribution in [1.29, 1.82) is 0 Å². The molecule has 1 aromatic heterocycles. The van der Waals surface area contributed by atoms with E-state index in [9.17, 15) is 26.7 Å². The van der Waals surface area contributed by atoms with Gasteiger partial charge in [-0.3, -0.25) is 0 Å². The summed E-state index contributed by atoms with van der Waals surface area (Å²) in [6, 6.07) is 0. The van der Waals surface area contributed by atoms with E-state index in [0.717, 1.165) is 7.11 Å². The molecular weight excluding hydrogens is 291 g/mol. The number of halogens is 5. The highest BCUT2D eigenvalue weighted by Gasteiger charge is 2.30. The highest BCUT2D eigenvalue weighted by Crippen LogP contribution is 2.29. The number of methoxy groups -OCH3 is 1. The molecule has 0 spiro atoms. The number of ether oxygens (including phenoxy) is 1.